The Hall–Kier alpha value is -0.580. The van der Waals surface area contributed by atoms with Crippen molar-refractivity contribution in [2.24, 2.45) is 17.8 Å². The van der Waals surface area contributed by atoms with Crippen LogP contribution in [0.15, 0.2) is 11.9 Å². The molecule has 5 heteroatoms. The fourth-order valence-electron chi connectivity index (χ4n) is 4.10. The van der Waals surface area contributed by atoms with Gasteiger partial charge in [0.1, 0.15) is 5.83 Å². The SMILES string of the molecule is CCOC1CCC(C2CCC(/C(F)=C/C(F)(F)F)CC2)CC1. The summed E-state index contributed by atoms with van der Waals surface area (Å²) in [6, 6.07) is 0. The van der Waals surface area contributed by atoms with Gasteiger partial charge in [0.2, 0.25) is 0 Å². The van der Waals surface area contributed by atoms with Crippen LogP contribution in [0.3, 0.4) is 0 Å². The zero-order chi connectivity index (χ0) is 16.2. The number of rotatable bonds is 4. The first-order valence-corrected chi connectivity index (χ1v) is 8.45. The molecule has 0 heterocycles. The predicted octanol–water partition coefficient (Wildman–Crippen LogP) is 5.80. The van der Waals surface area contributed by atoms with Crippen LogP contribution in [-0.2, 0) is 4.74 Å². The summed E-state index contributed by atoms with van der Waals surface area (Å²) >= 11 is 0. The van der Waals surface area contributed by atoms with Crippen molar-refractivity contribution in [2.45, 2.75) is 70.6 Å². The molecule has 0 aromatic rings. The lowest BCUT2D eigenvalue weighted by molar-refractivity contribution is -0.0821. The first-order valence-electron chi connectivity index (χ1n) is 8.45. The van der Waals surface area contributed by atoms with Gasteiger partial charge < -0.3 is 4.74 Å². The summed E-state index contributed by atoms with van der Waals surface area (Å²) in [6.45, 7) is 2.77. The molecule has 0 N–H and O–H groups in total. The third-order valence-electron chi connectivity index (χ3n) is 5.25. The van der Waals surface area contributed by atoms with E-state index in [1.54, 1.807) is 0 Å². The molecule has 128 valence electrons. The van der Waals surface area contributed by atoms with Crippen molar-refractivity contribution in [3.05, 3.63) is 11.9 Å². The number of ether oxygens (including phenoxy) is 1. The molecule has 0 amide bonds. The first-order chi connectivity index (χ1) is 10.4. The average Bonchev–Trinajstić information content (AvgIpc) is 2.47. The van der Waals surface area contributed by atoms with Gasteiger partial charge in [0.15, 0.2) is 0 Å². The first kappa shape index (κ1) is 17.8. The van der Waals surface area contributed by atoms with E-state index < -0.39 is 17.9 Å². The van der Waals surface area contributed by atoms with Crippen molar-refractivity contribution in [1.29, 1.82) is 0 Å². The van der Waals surface area contributed by atoms with Gasteiger partial charge in [-0.3, -0.25) is 0 Å². The van der Waals surface area contributed by atoms with E-state index in [9.17, 15) is 17.6 Å². The van der Waals surface area contributed by atoms with E-state index in [0.29, 0.717) is 30.8 Å². The second kappa shape index (κ2) is 7.80. The van der Waals surface area contributed by atoms with E-state index in [1.807, 2.05) is 6.92 Å². The maximum absolute atomic E-state index is 13.6. The van der Waals surface area contributed by atoms with E-state index in [2.05, 4.69) is 0 Å². The molecule has 0 unspecified atom stereocenters. The molecule has 2 saturated carbocycles. The van der Waals surface area contributed by atoms with E-state index in [0.717, 1.165) is 45.1 Å². The van der Waals surface area contributed by atoms with Crippen molar-refractivity contribution in [3.63, 3.8) is 0 Å². The highest BCUT2D eigenvalue weighted by atomic mass is 19.4. The molecule has 0 atom stereocenters. The number of hydrogen-bond acceptors (Lipinski definition) is 1. The monoisotopic (exact) mass is 322 g/mol. The predicted molar refractivity (Wildman–Crippen MR) is 78.1 cm³/mol. The summed E-state index contributed by atoms with van der Waals surface area (Å²) < 4.78 is 55.9. The highest BCUT2D eigenvalue weighted by molar-refractivity contribution is 5.03. The van der Waals surface area contributed by atoms with Gasteiger partial charge in [-0.1, -0.05) is 0 Å². The van der Waals surface area contributed by atoms with Crippen LogP contribution in [0.5, 0.6) is 0 Å². The Bertz CT molecular complexity index is 361. The average molecular weight is 322 g/mol. The summed E-state index contributed by atoms with van der Waals surface area (Å²) in [5, 5.41) is 0. The molecule has 0 aliphatic heterocycles. The number of hydrogen-bond donors (Lipinski definition) is 0. The van der Waals surface area contributed by atoms with Gasteiger partial charge in [-0.15, -0.1) is 0 Å². The standard InChI is InChI=1S/C17H26F4O/c1-2-22-15-9-7-13(8-10-15)12-3-5-14(6-4-12)16(18)11-17(19,20)21/h11-15H,2-10H2,1H3/b16-11-. The molecule has 0 aromatic carbocycles. The van der Waals surface area contributed by atoms with Crippen molar-refractivity contribution in [2.75, 3.05) is 6.61 Å². The molecule has 2 rings (SSSR count). The van der Waals surface area contributed by atoms with Crippen LogP contribution >= 0.6 is 0 Å². The number of alkyl halides is 3. The second-order valence-corrected chi connectivity index (χ2v) is 6.67. The van der Waals surface area contributed by atoms with E-state index in [-0.39, 0.29) is 6.08 Å². The molecule has 0 spiro atoms. The number of halogens is 4. The fourth-order valence-corrected chi connectivity index (χ4v) is 4.10. The van der Waals surface area contributed by atoms with Crippen LogP contribution < -0.4 is 0 Å². The van der Waals surface area contributed by atoms with Gasteiger partial charge in [0.25, 0.3) is 0 Å². The Morgan fingerprint density at radius 2 is 1.45 bits per heavy atom. The largest absolute Gasteiger partial charge is 0.412 e. The third kappa shape index (κ3) is 5.25. The van der Waals surface area contributed by atoms with Crippen LogP contribution in [0, 0.1) is 17.8 Å². The molecule has 0 aromatic heterocycles. The summed E-state index contributed by atoms with van der Waals surface area (Å²) in [7, 11) is 0. The Balaban J connectivity index is 1.77. The van der Waals surface area contributed by atoms with Gasteiger partial charge in [0.05, 0.1) is 12.2 Å². The molecule has 2 aliphatic carbocycles. The molecule has 0 radical (unpaired) electrons. The zero-order valence-electron chi connectivity index (χ0n) is 13.2. The minimum absolute atomic E-state index is 0.161. The number of allylic oxidation sites excluding steroid dienone is 2. The highest BCUT2D eigenvalue weighted by Gasteiger charge is 2.34. The van der Waals surface area contributed by atoms with Crippen LogP contribution in [0.4, 0.5) is 17.6 Å². The summed E-state index contributed by atoms with van der Waals surface area (Å²) in [5.41, 5.74) is 0. The van der Waals surface area contributed by atoms with Crippen molar-refractivity contribution < 1.29 is 22.3 Å². The summed E-state index contributed by atoms with van der Waals surface area (Å²) in [5.74, 6) is -0.312. The molecule has 0 saturated heterocycles. The molecule has 0 bridgehead atoms. The second-order valence-electron chi connectivity index (χ2n) is 6.67. The molecular formula is C17H26F4O. The van der Waals surface area contributed by atoms with Crippen molar-refractivity contribution in [3.8, 4) is 0 Å². The van der Waals surface area contributed by atoms with Gasteiger partial charge in [-0.25, -0.2) is 4.39 Å². The van der Waals surface area contributed by atoms with E-state index >= 15 is 0 Å². The Morgan fingerprint density at radius 3 is 1.91 bits per heavy atom. The van der Waals surface area contributed by atoms with Gasteiger partial charge in [-0.2, -0.15) is 13.2 Å². The molecular weight excluding hydrogens is 296 g/mol. The fraction of sp³-hybridized carbons (Fsp3) is 0.882. The summed E-state index contributed by atoms with van der Waals surface area (Å²) in [6.07, 6.45) is 2.93. The van der Waals surface area contributed by atoms with Crippen LogP contribution in [0.1, 0.15) is 58.3 Å². The molecule has 22 heavy (non-hydrogen) atoms. The molecule has 1 nitrogen and oxygen atoms in total. The quantitative estimate of drug-likeness (QED) is 0.594. The van der Waals surface area contributed by atoms with E-state index in [4.69, 9.17) is 4.74 Å². The minimum atomic E-state index is -4.54. The zero-order valence-corrected chi connectivity index (χ0v) is 13.2. The topological polar surface area (TPSA) is 9.23 Å². The highest BCUT2D eigenvalue weighted by Crippen LogP contribution is 2.42. The molecule has 2 aliphatic rings. The Kier molecular flexibility index (Phi) is 6.30. The summed E-state index contributed by atoms with van der Waals surface area (Å²) in [4.78, 5) is 0. The lowest BCUT2D eigenvalue weighted by Crippen LogP contribution is -2.28. The lowest BCUT2D eigenvalue weighted by Gasteiger charge is -2.37. The van der Waals surface area contributed by atoms with Crippen LogP contribution in [0.25, 0.3) is 0 Å². The minimum Gasteiger partial charge on any atom is -0.379 e. The van der Waals surface area contributed by atoms with Gasteiger partial charge >= 0.3 is 6.18 Å². The van der Waals surface area contributed by atoms with Crippen molar-refractivity contribution in [1.82, 2.24) is 0 Å². The lowest BCUT2D eigenvalue weighted by atomic mass is 9.70. The third-order valence-corrected chi connectivity index (χ3v) is 5.25. The van der Waals surface area contributed by atoms with Crippen LogP contribution in [-0.4, -0.2) is 18.9 Å². The Labute approximate surface area is 130 Å². The van der Waals surface area contributed by atoms with E-state index in [1.165, 1.54) is 0 Å². The van der Waals surface area contributed by atoms with Gasteiger partial charge in [-0.05, 0) is 70.1 Å². The maximum Gasteiger partial charge on any atom is 0.412 e. The smallest absolute Gasteiger partial charge is 0.379 e. The maximum atomic E-state index is 13.6. The van der Waals surface area contributed by atoms with Crippen molar-refractivity contribution >= 4 is 0 Å². The van der Waals surface area contributed by atoms with Gasteiger partial charge in [0, 0.05) is 12.5 Å². The Morgan fingerprint density at radius 1 is 0.955 bits per heavy atom. The molecule has 2 fully saturated rings. The normalized spacial score (nSPS) is 34.7. The van der Waals surface area contributed by atoms with Crippen LogP contribution in [0.2, 0.25) is 0 Å².